The molecule has 7 nitrogen and oxygen atoms in total. The summed E-state index contributed by atoms with van der Waals surface area (Å²) in [6, 6.07) is 0. The molecule has 2 aromatic heterocycles. The van der Waals surface area contributed by atoms with Gasteiger partial charge in [0.25, 0.3) is 0 Å². The van der Waals surface area contributed by atoms with Gasteiger partial charge in [-0.15, -0.1) is 16.4 Å². The average molecular weight is 281 g/mol. The molecule has 0 fully saturated rings. The van der Waals surface area contributed by atoms with Crippen molar-refractivity contribution in [1.29, 1.82) is 0 Å². The second-order valence-electron chi connectivity index (χ2n) is 4.09. The Labute approximate surface area is 114 Å². The Morgan fingerprint density at radius 3 is 3.11 bits per heavy atom. The molecule has 2 rings (SSSR count). The Bertz CT molecular complexity index is 565. The summed E-state index contributed by atoms with van der Waals surface area (Å²) in [5.41, 5.74) is 1.34. The number of thiazole rings is 1. The smallest absolute Gasteiger partial charge is 0.223 e. The predicted molar refractivity (Wildman–Crippen MR) is 70.8 cm³/mol. The first-order valence-corrected chi connectivity index (χ1v) is 6.76. The number of amides is 1. The number of anilines is 1. The van der Waals surface area contributed by atoms with Crippen LogP contribution in [-0.2, 0) is 11.3 Å². The van der Waals surface area contributed by atoms with Gasteiger partial charge in [-0.05, 0) is 6.42 Å². The van der Waals surface area contributed by atoms with Gasteiger partial charge in [-0.1, -0.05) is 12.1 Å². The van der Waals surface area contributed by atoms with E-state index < -0.39 is 6.10 Å². The Kier molecular flexibility index (Phi) is 4.23. The second kappa shape index (κ2) is 5.89. The van der Waals surface area contributed by atoms with Crippen molar-refractivity contribution in [2.75, 3.05) is 5.32 Å². The van der Waals surface area contributed by atoms with Crippen molar-refractivity contribution in [2.45, 2.75) is 32.9 Å². The molecule has 1 atom stereocenters. The molecule has 2 N–H and O–H groups in total. The van der Waals surface area contributed by atoms with Gasteiger partial charge < -0.3 is 10.4 Å². The van der Waals surface area contributed by atoms with Gasteiger partial charge >= 0.3 is 0 Å². The zero-order valence-corrected chi connectivity index (χ0v) is 11.5. The molecule has 0 radical (unpaired) electrons. The summed E-state index contributed by atoms with van der Waals surface area (Å²) in [7, 11) is 0. The summed E-state index contributed by atoms with van der Waals surface area (Å²) in [6.07, 6.45) is 1.72. The number of aromatic nitrogens is 4. The van der Waals surface area contributed by atoms with E-state index in [-0.39, 0.29) is 5.91 Å². The zero-order valence-electron chi connectivity index (χ0n) is 10.7. The lowest BCUT2D eigenvalue weighted by Crippen LogP contribution is -2.06. The van der Waals surface area contributed by atoms with Crippen molar-refractivity contribution >= 4 is 22.4 Å². The molecule has 0 aromatic carbocycles. The van der Waals surface area contributed by atoms with Gasteiger partial charge in [-0.25, -0.2) is 9.67 Å². The van der Waals surface area contributed by atoms with Gasteiger partial charge in [0.1, 0.15) is 5.69 Å². The number of aliphatic hydroxyl groups excluding tert-OH is 1. The van der Waals surface area contributed by atoms with E-state index in [2.05, 4.69) is 20.6 Å². The van der Waals surface area contributed by atoms with E-state index in [9.17, 15) is 9.90 Å². The van der Waals surface area contributed by atoms with Gasteiger partial charge in [-0.3, -0.25) is 4.79 Å². The Balaban J connectivity index is 2.02. The van der Waals surface area contributed by atoms with Crippen LogP contribution in [0.2, 0.25) is 0 Å². The van der Waals surface area contributed by atoms with Crippen molar-refractivity contribution in [1.82, 2.24) is 20.0 Å². The van der Waals surface area contributed by atoms with Crippen LogP contribution in [0.15, 0.2) is 11.6 Å². The predicted octanol–water partition coefficient (Wildman–Crippen LogP) is 1.18. The summed E-state index contributed by atoms with van der Waals surface area (Å²) in [5, 5.41) is 22.5. The largest absolute Gasteiger partial charge is 0.387 e. The summed E-state index contributed by atoms with van der Waals surface area (Å²) in [4.78, 5) is 15.1. The summed E-state index contributed by atoms with van der Waals surface area (Å²) < 4.78 is 1.61. The Morgan fingerprint density at radius 2 is 2.42 bits per heavy atom. The van der Waals surface area contributed by atoms with Crippen LogP contribution in [-0.4, -0.2) is 31.0 Å². The zero-order chi connectivity index (χ0) is 13.8. The van der Waals surface area contributed by atoms with Crippen LogP contribution in [0.1, 0.15) is 37.8 Å². The average Bonchev–Trinajstić information content (AvgIpc) is 2.98. The molecule has 0 spiro atoms. The molecule has 102 valence electrons. The third-order valence-corrected chi connectivity index (χ3v) is 3.25. The Hall–Kier alpha value is -1.80. The fraction of sp³-hybridized carbons (Fsp3) is 0.455. The number of hydrogen-bond donors (Lipinski definition) is 2. The van der Waals surface area contributed by atoms with Crippen LogP contribution in [0.3, 0.4) is 0 Å². The summed E-state index contributed by atoms with van der Waals surface area (Å²) >= 11 is 1.36. The molecule has 1 unspecified atom stereocenters. The van der Waals surface area contributed by atoms with Crippen molar-refractivity contribution in [3.63, 3.8) is 0 Å². The number of hydrogen-bond acceptors (Lipinski definition) is 6. The number of nitrogens with one attached hydrogen (secondary N) is 1. The van der Waals surface area contributed by atoms with Crippen molar-refractivity contribution in [3.8, 4) is 0 Å². The molecular weight excluding hydrogens is 266 g/mol. The minimum absolute atomic E-state index is 0.144. The molecule has 0 saturated heterocycles. The van der Waals surface area contributed by atoms with Gasteiger partial charge in [0.2, 0.25) is 5.91 Å². The van der Waals surface area contributed by atoms with E-state index in [1.807, 2.05) is 12.3 Å². The van der Waals surface area contributed by atoms with E-state index in [0.717, 1.165) is 5.69 Å². The van der Waals surface area contributed by atoms with E-state index in [1.165, 1.54) is 18.3 Å². The highest BCUT2D eigenvalue weighted by molar-refractivity contribution is 7.13. The van der Waals surface area contributed by atoms with E-state index >= 15 is 0 Å². The topological polar surface area (TPSA) is 92.9 Å². The second-order valence-corrected chi connectivity index (χ2v) is 4.95. The maximum absolute atomic E-state index is 10.9. The fourth-order valence-corrected chi connectivity index (χ4v) is 2.25. The molecule has 0 aliphatic rings. The van der Waals surface area contributed by atoms with Crippen molar-refractivity contribution < 1.29 is 9.90 Å². The number of rotatable bonds is 5. The van der Waals surface area contributed by atoms with Crippen LogP contribution in [0, 0.1) is 0 Å². The van der Waals surface area contributed by atoms with Crippen LogP contribution in [0.25, 0.3) is 0 Å². The molecule has 0 saturated carbocycles. The van der Waals surface area contributed by atoms with E-state index in [1.54, 1.807) is 10.9 Å². The number of nitrogens with zero attached hydrogens (tertiary/aromatic N) is 4. The van der Waals surface area contributed by atoms with Gasteiger partial charge in [0.05, 0.1) is 24.5 Å². The SMILES string of the molecule is CCC(O)c1cn(Cc2csc(NC(C)=O)n2)nn1. The van der Waals surface area contributed by atoms with Crippen molar-refractivity contribution in [3.05, 3.63) is 23.0 Å². The lowest BCUT2D eigenvalue weighted by Gasteiger charge is -2.00. The standard InChI is InChI=1S/C11H15N5O2S/c1-3-10(18)9-5-16(15-14-9)4-8-6-19-11(13-8)12-7(2)17/h5-6,10,18H,3-4H2,1-2H3,(H,12,13,17). The first-order chi connectivity index (χ1) is 9.08. The highest BCUT2D eigenvalue weighted by atomic mass is 32.1. The van der Waals surface area contributed by atoms with Gasteiger partial charge in [-0.2, -0.15) is 0 Å². The summed E-state index contributed by atoms with van der Waals surface area (Å²) in [6.45, 7) is 3.78. The van der Waals surface area contributed by atoms with Crippen LogP contribution in [0.4, 0.5) is 5.13 Å². The Morgan fingerprint density at radius 1 is 1.63 bits per heavy atom. The monoisotopic (exact) mass is 281 g/mol. The lowest BCUT2D eigenvalue weighted by molar-refractivity contribution is -0.114. The normalized spacial score (nSPS) is 12.4. The molecule has 8 heteroatoms. The highest BCUT2D eigenvalue weighted by Crippen LogP contribution is 2.17. The minimum atomic E-state index is -0.584. The van der Waals surface area contributed by atoms with Crippen LogP contribution >= 0.6 is 11.3 Å². The fourth-order valence-electron chi connectivity index (χ4n) is 1.51. The summed E-state index contributed by atoms with van der Waals surface area (Å²) in [5.74, 6) is -0.144. The molecular formula is C11H15N5O2S. The van der Waals surface area contributed by atoms with Gasteiger partial charge in [0.15, 0.2) is 5.13 Å². The van der Waals surface area contributed by atoms with E-state index in [0.29, 0.717) is 23.8 Å². The number of aliphatic hydroxyl groups is 1. The molecule has 2 aromatic rings. The first-order valence-electron chi connectivity index (χ1n) is 5.88. The molecule has 0 aliphatic carbocycles. The first kappa shape index (κ1) is 13.6. The molecule has 0 bridgehead atoms. The number of carbonyl (C=O) groups is 1. The van der Waals surface area contributed by atoms with Gasteiger partial charge in [0, 0.05) is 12.3 Å². The molecule has 2 heterocycles. The maximum atomic E-state index is 10.9. The maximum Gasteiger partial charge on any atom is 0.223 e. The lowest BCUT2D eigenvalue weighted by atomic mass is 10.2. The molecule has 0 aliphatic heterocycles. The third kappa shape index (κ3) is 3.58. The number of carbonyl (C=O) groups excluding carboxylic acids is 1. The highest BCUT2D eigenvalue weighted by Gasteiger charge is 2.11. The molecule has 19 heavy (non-hydrogen) atoms. The van der Waals surface area contributed by atoms with Crippen LogP contribution < -0.4 is 5.32 Å². The van der Waals surface area contributed by atoms with Crippen LogP contribution in [0.5, 0.6) is 0 Å². The quantitative estimate of drug-likeness (QED) is 0.858. The molecule has 1 amide bonds. The van der Waals surface area contributed by atoms with E-state index in [4.69, 9.17) is 0 Å². The third-order valence-electron chi connectivity index (χ3n) is 2.44. The minimum Gasteiger partial charge on any atom is -0.387 e. The van der Waals surface area contributed by atoms with Crippen molar-refractivity contribution in [2.24, 2.45) is 0 Å².